The van der Waals surface area contributed by atoms with Crippen molar-refractivity contribution in [2.45, 2.75) is 27.1 Å². The zero-order chi connectivity index (χ0) is 17.5. The minimum atomic E-state index is -0.584. The number of hydrogen-bond acceptors (Lipinski definition) is 6. The van der Waals surface area contributed by atoms with Crippen molar-refractivity contribution >= 4 is 17.7 Å². The van der Waals surface area contributed by atoms with Crippen LogP contribution in [0.1, 0.15) is 25.1 Å². The first-order valence-corrected chi connectivity index (χ1v) is 7.48. The van der Waals surface area contributed by atoms with Gasteiger partial charge in [-0.3, -0.25) is 14.8 Å². The van der Waals surface area contributed by atoms with E-state index in [4.69, 9.17) is 9.47 Å². The molecule has 1 N–H and O–H groups in total. The Kier molecular flexibility index (Phi) is 5.89. The maximum absolute atomic E-state index is 11.7. The summed E-state index contributed by atoms with van der Waals surface area (Å²) in [6, 6.07) is 6.96. The van der Waals surface area contributed by atoms with E-state index in [0.717, 1.165) is 5.56 Å². The van der Waals surface area contributed by atoms with Crippen molar-refractivity contribution < 1.29 is 19.1 Å². The second kappa shape index (κ2) is 8.09. The average Bonchev–Trinajstić information content (AvgIpc) is 2.97. The fraction of sp³-hybridized carbons (Fsp3) is 0.375. The number of carbonyl (C=O) groups excluding carboxylic acids is 2. The van der Waals surface area contributed by atoms with E-state index in [1.807, 2.05) is 0 Å². The number of carbonyl (C=O) groups is 2. The lowest BCUT2D eigenvalue weighted by molar-refractivity contribution is -0.148. The lowest BCUT2D eigenvalue weighted by Crippen LogP contribution is -2.14. The van der Waals surface area contributed by atoms with Crippen LogP contribution in [-0.2, 0) is 34.5 Å². The third kappa shape index (κ3) is 5.38. The van der Waals surface area contributed by atoms with Gasteiger partial charge in [0.1, 0.15) is 18.9 Å². The highest BCUT2D eigenvalue weighted by molar-refractivity contribution is 5.84. The normalized spacial score (nSPS) is 10.5. The predicted octanol–water partition coefficient (Wildman–Crippen LogP) is 2.26. The van der Waals surface area contributed by atoms with Gasteiger partial charge in [-0.15, -0.1) is 5.10 Å². The molecule has 128 valence electrons. The second-order valence-corrected chi connectivity index (χ2v) is 5.54. The second-order valence-electron chi connectivity index (χ2n) is 5.54. The molecule has 0 bridgehead atoms. The highest BCUT2D eigenvalue weighted by atomic mass is 16.5. The molecule has 1 aromatic heterocycles. The topological polar surface area (TPSA) is 95.3 Å². The van der Waals surface area contributed by atoms with Crippen LogP contribution in [-0.4, -0.2) is 27.1 Å². The van der Waals surface area contributed by atoms with E-state index in [9.17, 15) is 9.59 Å². The van der Waals surface area contributed by atoms with Crippen LogP contribution in [0.5, 0.6) is 0 Å². The number of nitrogens with one attached hydrogen (secondary N) is 1. The number of ether oxygens (including phenoxy) is 2. The van der Waals surface area contributed by atoms with Crippen LogP contribution in [0, 0.1) is 5.92 Å². The van der Waals surface area contributed by atoms with Gasteiger partial charge in [0.15, 0.2) is 0 Å². The van der Waals surface area contributed by atoms with Crippen LogP contribution >= 0.6 is 0 Å². The Hall–Kier alpha value is -2.90. The molecule has 0 atom stereocenters. The summed E-state index contributed by atoms with van der Waals surface area (Å²) in [4.78, 5) is 23.1. The van der Waals surface area contributed by atoms with E-state index < -0.39 is 6.09 Å². The van der Waals surface area contributed by atoms with Crippen molar-refractivity contribution in [3.63, 3.8) is 0 Å². The Labute approximate surface area is 139 Å². The Bertz CT molecular complexity index is 694. The zero-order valence-electron chi connectivity index (χ0n) is 13.9. The number of benzene rings is 1. The van der Waals surface area contributed by atoms with Crippen LogP contribution in [0.15, 0.2) is 30.5 Å². The van der Waals surface area contributed by atoms with E-state index in [0.29, 0.717) is 11.4 Å². The summed E-state index contributed by atoms with van der Waals surface area (Å²) < 4.78 is 11.7. The quantitative estimate of drug-likeness (QED) is 0.815. The lowest BCUT2D eigenvalue weighted by Gasteiger charge is -2.09. The first-order valence-electron chi connectivity index (χ1n) is 7.48. The van der Waals surface area contributed by atoms with Gasteiger partial charge in [-0.1, -0.05) is 31.2 Å². The van der Waals surface area contributed by atoms with Gasteiger partial charge in [-0.2, -0.15) is 0 Å². The van der Waals surface area contributed by atoms with Gasteiger partial charge in [0.25, 0.3) is 0 Å². The highest BCUT2D eigenvalue weighted by Gasteiger charge is 2.09. The van der Waals surface area contributed by atoms with Crippen LogP contribution in [0.25, 0.3) is 0 Å². The van der Waals surface area contributed by atoms with E-state index >= 15 is 0 Å². The van der Waals surface area contributed by atoms with Gasteiger partial charge in [0.05, 0.1) is 12.1 Å². The van der Waals surface area contributed by atoms with Crippen LogP contribution < -0.4 is 5.32 Å². The third-order valence-corrected chi connectivity index (χ3v) is 3.05. The van der Waals surface area contributed by atoms with E-state index in [1.165, 1.54) is 4.68 Å². The number of aromatic nitrogens is 3. The number of amides is 1. The molecule has 1 aromatic carbocycles. The first-order chi connectivity index (χ1) is 11.4. The SMILES string of the molecule is CC(C)C(=O)OCc1ccc(NC(=O)OCc2cn(C)nn2)cc1. The van der Waals surface area contributed by atoms with Crippen molar-refractivity contribution in [2.75, 3.05) is 5.32 Å². The predicted molar refractivity (Wildman–Crippen MR) is 85.9 cm³/mol. The third-order valence-electron chi connectivity index (χ3n) is 3.05. The van der Waals surface area contributed by atoms with Gasteiger partial charge in [-0.05, 0) is 17.7 Å². The Morgan fingerprint density at radius 3 is 2.46 bits per heavy atom. The maximum atomic E-state index is 11.7. The van der Waals surface area contributed by atoms with Crippen molar-refractivity contribution in [2.24, 2.45) is 13.0 Å². The van der Waals surface area contributed by atoms with E-state index in [1.54, 1.807) is 51.4 Å². The average molecular weight is 332 g/mol. The zero-order valence-corrected chi connectivity index (χ0v) is 13.9. The molecule has 0 fully saturated rings. The Balaban J connectivity index is 1.78. The maximum Gasteiger partial charge on any atom is 0.412 e. The number of hydrogen-bond donors (Lipinski definition) is 1. The number of anilines is 1. The van der Waals surface area contributed by atoms with Crippen molar-refractivity contribution in [3.05, 3.63) is 41.7 Å². The number of nitrogens with zero attached hydrogens (tertiary/aromatic N) is 3. The summed E-state index contributed by atoms with van der Waals surface area (Å²) in [6.07, 6.45) is 1.08. The molecule has 0 aliphatic rings. The molecule has 24 heavy (non-hydrogen) atoms. The van der Waals surface area contributed by atoms with Gasteiger partial charge >= 0.3 is 12.1 Å². The number of rotatable bonds is 6. The summed E-state index contributed by atoms with van der Waals surface area (Å²) in [5, 5.41) is 10.2. The molecular formula is C16H20N4O4. The highest BCUT2D eigenvalue weighted by Crippen LogP contribution is 2.12. The summed E-state index contributed by atoms with van der Waals surface area (Å²) in [7, 11) is 1.73. The molecular weight excluding hydrogens is 312 g/mol. The summed E-state index contributed by atoms with van der Waals surface area (Å²) >= 11 is 0. The van der Waals surface area contributed by atoms with Crippen molar-refractivity contribution in [1.29, 1.82) is 0 Å². The largest absolute Gasteiger partial charge is 0.461 e. The monoisotopic (exact) mass is 332 g/mol. The van der Waals surface area contributed by atoms with Gasteiger partial charge in [0, 0.05) is 12.7 Å². The molecule has 0 aliphatic heterocycles. The van der Waals surface area contributed by atoms with E-state index in [2.05, 4.69) is 15.6 Å². The van der Waals surface area contributed by atoms with Crippen molar-refractivity contribution in [3.8, 4) is 0 Å². The summed E-state index contributed by atoms with van der Waals surface area (Å²) in [6.45, 7) is 3.81. The van der Waals surface area contributed by atoms with Crippen LogP contribution in [0.4, 0.5) is 10.5 Å². The van der Waals surface area contributed by atoms with Gasteiger partial charge in [0.2, 0.25) is 0 Å². The molecule has 0 spiro atoms. The number of esters is 1. The molecule has 2 aromatic rings. The molecule has 0 saturated carbocycles. The van der Waals surface area contributed by atoms with Crippen LogP contribution in [0.2, 0.25) is 0 Å². The minimum Gasteiger partial charge on any atom is -0.461 e. The molecule has 0 saturated heterocycles. The summed E-state index contributed by atoms with van der Waals surface area (Å²) in [5.74, 6) is -0.403. The Morgan fingerprint density at radius 1 is 1.17 bits per heavy atom. The molecule has 1 amide bonds. The minimum absolute atomic E-state index is 0.0446. The first kappa shape index (κ1) is 17.5. The standard InChI is InChI=1S/C16H20N4O4/c1-11(2)15(21)23-9-12-4-6-13(7-5-12)17-16(22)24-10-14-8-20(3)19-18-14/h4-8,11H,9-10H2,1-3H3,(H,17,22). The fourth-order valence-corrected chi connectivity index (χ4v) is 1.76. The molecule has 8 nitrogen and oxygen atoms in total. The smallest absolute Gasteiger partial charge is 0.412 e. The van der Waals surface area contributed by atoms with Crippen LogP contribution in [0.3, 0.4) is 0 Å². The molecule has 0 unspecified atom stereocenters. The molecule has 1 heterocycles. The fourth-order valence-electron chi connectivity index (χ4n) is 1.76. The lowest BCUT2D eigenvalue weighted by atomic mass is 10.2. The Morgan fingerprint density at radius 2 is 1.88 bits per heavy atom. The van der Waals surface area contributed by atoms with Gasteiger partial charge < -0.3 is 9.47 Å². The molecule has 8 heteroatoms. The van der Waals surface area contributed by atoms with Crippen molar-refractivity contribution in [1.82, 2.24) is 15.0 Å². The van der Waals surface area contributed by atoms with Gasteiger partial charge in [-0.25, -0.2) is 4.79 Å². The molecule has 0 aliphatic carbocycles. The number of aryl methyl sites for hydroxylation is 1. The molecule has 0 radical (unpaired) electrons. The summed E-state index contributed by atoms with van der Waals surface area (Å²) in [5.41, 5.74) is 1.98. The van der Waals surface area contributed by atoms with E-state index in [-0.39, 0.29) is 25.1 Å². The molecule has 2 rings (SSSR count).